The Kier molecular flexibility index (Phi) is 5.94. The van der Waals surface area contributed by atoms with E-state index in [-0.39, 0.29) is 29.2 Å². The fourth-order valence-electron chi connectivity index (χ4n) is 4.92. The highest BCUT2D eigenvalue weighted by Crippen LogP contribution is 2.52. The Bertz CT molecular complexity index is 1750. The molecule has 0 aliphatic carbocycles. The van der Waals surface area contributed by atoms with Crippen LogP contribution in [0, 0.1) is 11.2 Å². The van der Waals surface area contributed by atoms with Crippen molar-refractivity contribution in [2.75, 3.05) is 11.1 Å². The van der Waals surface area contributed by atoms with Crippen molar-refractivity contribution in [2.45, 2.75) is 19.8 Å². The molecular formula is C28H24FN9O2. The standard InChI is InChI=1S/C28H24FN9O2/c1-28(2,27(39)34-24-23(30)31-13-14-32-24)21-17-5-4-6-19(29)22(17)40-26-18(21)11-12-20(33-26)15-7-9-16(10-8-15)25-35-36-37-38(25)3/h4-14,21H,1-3H3,(H2,30,31)(H,32,34,39)/t21-/m0/s1. The fourth-order valence-corrected chi connectivity index (χ4v) is 4.92. The topological polar surface area (TPSA) is 147 Å². The Morgan fingerprint density at radius 1 is 1.02 bits per heavy atom. The first kappa shape index (κ1) is 25.0. The summed E-state index contributed by atoms with van der Waals surface area (Å²) in [7, 11) is 1.77. The van der Waals surface area contributed by atoms with Crippen molar-refractivity contribution in [3.05, 3.63) is 83.9 Å². The van der Waals surface area contributed by atoms with Crippen molar-refractivity contribution in [2.24, 2.45) is 12.5 Å². The first-order valence-corrected chi connectivity index (χ1v) is 12.4. The van der Waals surface area contributed by atoms with Crippen molar-refractivity contribution in [3.8, 4) is 34.3 Å². The van der Waals surface area contributed by atoms with E-state index in [1.807, 2.05) is 36.4 Å². The van der Waals surface area contributed by atoms with Gasteiger partial charge in [-0.25, -0.2) is 24.0 Å². The highest BCUT2D eigenvalue weighted by Gasteiger charge is 2.45. The van der Waals surface area contributed by atoms with Gasteiger partial charge in [-0.15, -0.1) is 5.10 Å². The lowest BCUT2D eigenvalue weighted by atomic mass is 9.69. The van der Waals surface area contributed by atoms with Crippen LogP contribution in [0.5, 0.6) is 11.6 Å². The Morgan fingerprint density at radius 3 is 2.50 bits per heavy atom. The number of nitrogen functional groups attached to an aromatic ring is 1. The van der Waals surface area contributed by atoms with E-state index in [0.29, 0.717) is 22.6 Å². The maximum absolute atomic E-state index is 15.1. The van der Waals surface area contributed by atoms with E-state index in [2.05, 4.69) is 30.8 Å². The Hall–Kier alpha value is -5.26. The first-order chi connectivity index (χ1) is 19.2. The predicted octanol–water partition coefficient (Wildman–Crippen LogP) is 4.35. The number of nitrogens with zero attached hydrogens (tertiary/aromatic N) is 7. The molecule has 0 saturated heterocycles. The second kappa shape index (κ2) is 9.49. The quantitative estimate of drug-likeness (QED) is 0.334. The number of nitrogens with two attached hydrogens (primary N) is 1. The molecule has 3 aromatic heterocycles. The number of aryl methyl sites for hydroxylation is 1. The van der Waals surface area contributed by atoms with Crippen LogP contribution < -0.4 is 15.8 Å². The first-order valence-electron chi connectivity index (χ1n) is 12.4. The van der Waals surface area contributed by atoms with Gasteiger partial charge in [-0.05, 0) is 22.6 Å². The molecule has 12 heteroatoms. The van der Waals surface area contributed by atoms with Crippen molar-refractivity contribution in [1.29, 1.82) is 0 Å². The lowest BCUT2D eigenvalue weighted by Gasteiger charge is -2.37. The maximum Gasteiger partial charge on any atom is 0.232 e. The molecule has 3 N–H and O–H groups in total. The van der Waals surface area contributed by atoms with Gasteiger partial charge < -0.3 is 15.8 Å². The van der Waals surface area contributed by atoms with E-state index >= 15 is 4.39 Å². The van der Waals surface area contributed by atoms with Gasteiger partial charge in [0, 0.05) is 47.6 Å². The number of ether oxygens (including phenoxy) is 1. The van der Waals surface area contributed by atoms with Crippen LogP contribution in [0.1, 0.15) is 30.9 Å². The maximum atomic E-state index is 15.1. The van der Waals surface area contributed by atoms with Crippen LogP contribution in [-0.4, -0.2) is 41.1 Å². The Labute approximate surface area is 228 Å². The zero-order valence-electron chi connectivity index (χ0n) is 21.8. The lowest BCUT2D eigenvalue weighted by molar-refractivity contribution is -0.124. The zero-order valence-corrected chi connectivity index (χ0v) is 21.8. The number of fused-ring (bicyclic) bond motifs is 2. The number of hydrogen-bond acceptors (Lipinski definition) is 9. The van der Waals surface area contributed by atoms with Crippen LogP contribution in [0.4, 0.5) is 16.0 Å². The van der Waals surface area contributed by atoms with E-state index in [1.165, 1.54) is 18.5 Å². The van der Waals surface area contributed by atoms with Crippen LogP contribution in [0.2, 0.25) is 0 Å². The normalized spacial score (nSPS) is 14.2. The van der Waals surface area contributed by atoms with E-state index in [0.717, 1.165) is 11.1 Å². The molecule has 1 atom stereocenters. The van der Waals surface area contributed by atoms with Gasteiger partial charge in [0.2, 0.25) is 11.8 Å². The molecule has 200 valence electrons. The molecule has 2 aromatic carbocycles. The highest BCUT2D eigenvalue weighted by molar-refractivity contribution is 5.97. The molecule has 5 aromatic rings. The van der Waals surface area contributed by atoms with E-state index < -0.39 is 17.2 Å². The number of carbonyl (C=O) groups excluding carboxylic acids is 1. The van der Waals surface area contributed by atoms with Gasteiger partial charge in [0.05, 0.1) is 11.1 Å². The summed E-state index contributed by atoms with van der Waals surface area (Å²) in [6.45, 7) is 3.55. The van der Waals surface area contributed by atoms with Gasteiger partial charge in [0.15, 0.2) is 29.0 Å². The Morgan fingerprint density at radius 2 is 1.77 bits per heavy atom. The molecule has 4 heterocycles. The van der Waals surface area contributed by atoms with Gasteiger partial charge in [0.1, 0.15) is 0 Å². The van der Waals surface area contributed by atoms with E-state index in [1.54, 1.807) is 37.7 Å². The van der Waals surface area contributed by atoms with Crippen LogP contribution in [0.25, 0.3) is 22.6 Å². The van der Waals surface area contributed by atoms with Crippen LogP contribution in [0.15, 0.2) is 67.0 Å². The number of rotatable bonds is 5. The third kappa shape index (κ3) is 4.19. The van der Waals surface area contributed by atoms with Crippen molar-refractivity contribution >= 4 is 17.5 Å². The molecule has 6 rings (SSSR count). The molecule has 0 unspecified atom stereocenters. The number of aromatic nitrogens is 7. The van der Waals surface area contributed by atoms with Gasteiger partial charge in [-0.3, -0.25) is 4.79 Å². The van der Waals surface area contributed by atoms with Gasteiger partial charge >= 0.3 is 0 Å². The summed E-state index contributed by atoms with van der Waals surface area (Å²) < 4.78 is 22.7. The molecule has 40 heavy (non-hydrogen) atoms. The SMILES string of the molecule is Cn1nnnc1-c1ccc(-c2ccc3c(n2)Oc2c(F)cccc2[C@@H]3C(C)(C)C(=O)Nc2nccnc2N)cc1. The number of amides is 1. The average molecular weight is 538 g/mol. The number of hydrogen-bond donors (Lipinski definition) is 2. The monoisotopic (exact) mass is 537 g/mol. The molecule has 0 saturated carbocycles. The number of benzene rings is 2. The largest absolute Gasteiger partial charge is 0.435 e. The third-order valence-corrected chi connectivity index (χ3v) is 7.03. The average Bonchev–Trinajstić information content (AvgIpc) is 3.38. The van der Waals surface area contributed by atoms with Crippen molar-refractivity contribution in [1.82, 2.24) is 35.2 Å². The number of para-hydroxylation sites is 1. The molecule has 1 aliphatic rings. The summed E-state index contributed by atoms with van der Waals surface area (Å²) in [4.78, 5) is 26.5. The molecule has 1 amide bonds. The Balaban J connectivity index is 1.39. The lowest BCUT2D eigenvalue weighted by Crippen LogP contribution is -2.38. The molecule has 0 fully saturated rings. The van der Waals surface area contributed by atoms with Crippen LogP contribution >= 0.6 is 0 Å². The molecule has 1 aliphatic heterocycles. The fraction of sp³-hybridized carbons (Fsp3) is 0.179. The molecule has 11 nitrogen and oxygen atoms in total. The number of anilines is 2. The van der Waals surface area contributed by atoms with E-state index in [9.17, 15) is 4.79 Å². The van der Waals surface area contributed by atoms with E-state index in [4.69, 9.17) is 15.5 Å². The van der Waals surface area contributed by atoms with Crippen LogP contribution in [-0.2, 0) is 11.8 Å². The van der Waals surface area contributed by atoms with Gasteiger partial charge in [-0.1, -0.05) is 56.3 Å². The van der Waals surface area contributed by atoms with Gasteiger partial charge in [0.25, 0.3) is 0 Å². The summed E-state index contributed by atoms with van der Waals surface area (Å²) in [6.07, 6.45) is 2.88. The number of tetrazole rings is 1. The number of carbonyl (C=O) groups is 1. The van der Waals surface area contributed by atoms with Gasteiger partial charge in [-0.2, -0.15) is 0 Å². The van der Waals surface area contributed by atoms with Crippen molar-refractivity contribution in [3.63, 3.8) is 0 Å². The second-order valence-corrected chi connectivity index (χ2v) is 9.95. The molecule has 0 spiro atoms. The highest BCUT2D eigenvalue weighted by atomic mass is 19.1. The summed E-state index contributed by atoms with van der Waals surface area (Å²) in [5.74, 6) is -0.364. The number of pyridine rings is 1. The summed E-state index contributed by atoms with van der Waals surface area (Å²) >= 11 is 0. The second-order valence-electron chi connectivity index (χ2n) is 9.95. The van der Waals surface area contributed by atoms with Crippen molar-refractivity contribution < 1.29 is 13.9 Å². The molecule has 0 radical (unpaired) electrons. The third-order valence-electron chi connectivity index (χ3n) is 7.03. The summed E-state index contributed by atoms with van der Waals surface area (Å²) in [6, 6.07) is 16.0. The predicted molar refractivity (Wildman–Crippen MR) is 145 cm³/mol. The minimum absolute atomic E-state index is 0.0367. The molecule has 0 bridgehead atoms. The summed E-state index contributed by atoms with van der Waals surface area (Å²) in [5, 5.41) is 14.4. The van der Waals surface area contributed by atoms with Crippen LogP contribution in [0.3, 0.4) is 0 Å². The minimum Gasteiger partial charge on any atom is -0.435 e. The number of halogens is 1. The smallest absolute Gasteiger partial charge is 0.232 e. The summed E-state index contributed by atoms with van der Waals surface area (Å²) in [5.41, 5.74) is 8.27. The minimum atomic E-state index is -1.10. The number of nitrogens with one attached hydrogen (secondary N) is 1. The molecular weight excluding hydrogens is 513 g/mol. The zero-order chi connectivity index (χ0) is 28.0.